The summed E-state index contributed by atoms with van der Waals surface area (Å²) in [5, 5.41) is 9.68. The van der Waals surface area contributed by atoms with Crippen molar-refractivity contribution in [3.05, 3.63) is 58.4 Å². The summed E-state index contributed by atoms with van der Waals surface area (Å²) >= 11 is 0. The van der Waals surface area contributed by atoms with E-state index in [1.54, 1.807) is 24.3 Å². The molecule has 0 saturated carbocycles. The quantitative estimate of drug-likeness (QED) is 0.841. The molecule has 2 aromatic rings. The zero-order valence-electron chi connectivity index (χ0n) is 10.0. The highest BCUT2D eigenvalue weighted by Crippen LogP contribution is 2.17. The Hall–Kier alpha value is -2.36. The summed E-state index contributed by atoms with van der Waals surface area (Å²) in [5.41, 5.74) is 1.17. The molecule has 4 nitrogen and oxygen atoms in total. The van der Waals surface area contributed by atoms with Crippen LogP contribution < -0.4 is 5.56 Å². The average Bonchev–Trinajstić information content (AvgIpc) is 2.31. The van der Waals surface area contributed by atoms with E-state index in [1.165, 1.54) is 4.57 Å². The van der Waals surface area contributed by atoms with Gasteiger partial charge in [-0.25, -0.2) is 4.79 Å². The van der Waals surface area contributed by atoms with Crippen molar-refractivity contribution in [3.8, 4) is 0 Å². The van der Waals surface area contributed by atoms with Gasteiger partial charge in [-0.05, 0) is 13.0 Å². The fraction of sp³-hybridized carbons (Fsp3) is 0.143. The number of allylic oxidation sites excluding steroid dienone is 1. The fourth-order valence-corrected chi connectivity index (χ4v) is 1.94. The van der Waals surface area contributed by atoms with Gasteiger partial charge in [-0.3, -0.25) is 4.79 Å². The summed E-state index contributed by atoms with van der Waals surface area (Å²) in [6.07, 6.45) is 0. The van der Waals surface area contributed by atoms with Crippen molar-refractivity contribution in [3.63, 3.8) is 0 Å². The Labute approximate surface area is 104 Å². The Kier molecular flexibility index (Phi) is 3.02. The summed E-state index contributed by atoms with van der Waals surface area (Å²) in [7, 11) is 0. The predicted octanol–water partition coefficient (Wildman–Crippen LogP) is 2.28. The number of aromatic nitrogens is 1. The SMILES string of the molecule is C=C(C)Cn1c(=O)cc(C(=O)O)c2ccccc21. The minimum Gasteiger partial charge on any atom is -0.478 e. The molecule has 0 aliphatic rings. The standard InChI is InChI=1S/C14H13NO3/c1-9(2)8-15-12-6-4-3-5-10(12)11(14(17)18)7-13(15)16/h3-7H,1,8H2,2H3,(H,17,18). The molecule has 0 saturated heterocycles. The van der Waals surface area contributed by atoms with Crippen molar-refractivity contribution >= 4 is 16.9 Å². The highest BCUT2D eigenvalue weighted by atomic mass is 16.4. The second-order valence-corrected chi connectivity index (χ2v) is 4.26. The van der Waals surface area contributed by atoms with Gasteiger partial charge in [0.1, 0.15) is 0 Å². The van der Waals surface area contributed by atoms with Gasteiger partial charge >= 0.3 is 5.97 Å². The van der Waals surface area contributed by atoms with Crippen LogP contribution in [0, 0.1) is 0 Å². The molecule has 18 heavy (non-hydrogen) atoms. The third kappa shape index (κ3) is 2.05. The number of benzene rings is 1. The Morgan fingerprint density at radius 1 is 1.39 bits per heavy atom. The van der Waals surface area contributed by atoms with Crippen LogP contribution in [-0.4, -0.2) is 15.6 Å². The summed E-state index contributed by atoms with van der Waals surface area (Å²) in [4.78, 5) is 23.1. The number of fused-ring (bicyclic) bond motifs is 1. The summed E-state index contributed by atoms with van der Waals surface area (Å²) in [5.74, 6) is -1.09. The Morgan fingerprint density at radius 2 is 2.06 bits per heavy atom. The fourth-order valence-electron chi connectivity index (χ4n) is 1.94. The number of carboxylic acids is 1. The molecule has 92 valence electrons. The van der Waals surface area contributed by atoms with E-state index in [0.29, 0.717) is 17.4 Å². The number of aromatic carboxylic acids is 1. The molecule has 0 aliphatic heterocycles. The molecule has 0 spiro atoms. The van der Waals surface area contributed by atoms with E-state index in [1.807, 2.05) is 6.92 Å². The average molecular weight is 243 g/mol. The molecule has 0 atom stereocenters. The van der Waals surface area contributed by atoms with Gasteiger partial charge in [-0.1, -0.05) is 30.4 Å². The maximum absolute atomic E-state index is 12.0. The van der Waals surface area contributed by atoms with Crippen LogP contribution in [0.1, 0.15) is 17.3 Å². The number of nitrogens with zero attached hydrogens (tertiary/aromatic N) is 1. The maximum atomic E-state index is 12.0. The zero-order chi connectivity index (χ0) is 13.3. The van der Waals surface area contributed by atoms with Crippen LogP contribution in [-0.2, 0) is 6.54 Å². The van der Waals surface area contributed by atoms with Crippen molar-refractivity contribution in [2.24, 2.45) is 0 Å². The van der Waals surface area contributed by atoms with E-state index >= 15 is 0 Å². The van der Waals surface area contributed by atoms with Gasteiger partial charge in [-0.2, -0.15) is 0 Å². The maximum Gasteiger partial charge on any atom is 0.336 e. The monoisotopic (exact) mass is 243 g/mol. The zero-order valence-corrected chi connectivity index (χ0v) is 10.0. The Bertz CT molecular complexity index is 698. The molecule has 0 amide bonds. The first-order valence-corrected chi connectivity index (χ1v) is 5.51. The molecule has 0 fully saturated rings. The number of hydrogen-bond donors (Lipinski definition) is 1. The van der Waals surface area contributed by atoms with Gasteiger partial charge in [0.25, 0.3) is 5.56 Å². The van der Waals surface area contributed by atoms with E-state index < -0.39 is 5.97 Å². The van der Waals surface area contributed by atoms with E-state index in [-0.39, 0.29) is 11.1 Å². The van der Waals surface area contributed by atoms with Crippen LogP contribution in [0.4, 0.5) is 0 Å². The van der Waals surface area contributed by atoms with Crippen molar-refractivity contribution in [1.29, 1.82) is 0 Å². The number of hydrogen-bond acceptors (Lipinski definition) is 2. The first kappa shape index (κ1) is 12.1. The molecule has 1 aromatic carbocycles. The van der Waals surface area contributed by atoms with Gasteiger partial charge in [-0.15, -0.1) is 0 Å². The molecular weight excluding hydrogens is 230 g/mol. The third-order valence-electron chi connectivity index (χ3n) is 2.68. The van der Waals surface area contributed by atoms with Crippen LogP contribution >= 0.6 is 0 Å². The number of para-hydroxylation sites is 1. The van der Waals surface area contributed by atoms with Gasteiger partial charge in [0.05, 0.1) is 11.1 Å². The van der Waals surface area contributed by atoms with Gasteiger partial charge in [0.15, 0.2) is 0 Å². The predicted molar refractivity (Wildman–Crippen MR) is 70.0 cm³/mol. The van der Waals surface area contributed by atoms with Gasteiger partial charge in [0, 0.05) is 18.0 Å². The van der Waals surface area contributed by atoms with Crippen molar-refractivity contribution in [1.82, 2.24) is 4.57 Å². The molecule has 0 unspecified atom stereocenters. The lowest BCUT2D eigenvalue weighted by Gasteiger charge is -2.11. The minimum absolute atomic E-state index is 0.0357. The minimum atomic E-state index is -1.09. The van der Waals surface area contributed by atoms with Crippen molar-refractivity contribution in [2.75, 3.05) is 0 Å². The van der Waals surface area contributed by atoms with E-state index in [2.05, 4.69) is 6.58 Å². The van der Waals surface area contributed by atoms with Crippen LogP contribution in [0.5, 0.6) is 0 Å². The Balaban J connectivity index is 2.85. The topological polar surface area (TPSA) is 59.3 Å². The van der Waals surface area contributed by atoms with Crippen LogP contribution in [0.3, 0.4) is 0 Å². The number of pyridine rings is 1. The summed E-state index contributed by atoms with van der Waals surface area (Å²) in [6, 6.07) is 8.14. The highest BCUT2D eigenvalue weighted by molar-refractivity contribution is 6.02. The van der Waals surface area contributed by atoms with Crippen LogP contribution in [0.25, 0.3) is 10.9 Å². The summed E-state index contributed by atoms with van der Waals surface area (Å²) in [6.45, 7) is 5.99. The van der Waals surface area contributed by atoms with E-state index in [0.717, 1.165) is 11.6 Å². The molecule has 1 aromatic heterocycles. The smallest absolute Gasteiger partial charge is 0.336 e. The lowest BCUT2D eigenvalue weighted by atomic mass is 10.1. The highest BCUT2D eigenvalue weighted by Gasteiger charge is 2.13. The number of carbonyl (C=O) groups is 1. The third-order valence-corrected chi connectivity index (χ3v) is 2.68. The summed E-state index contributed by atoms with van der Waals surface area (Å²) < 4.78 is 1.53. The molecule has 4 heteroatoms. The number of carboxylic acid groups (broad SMARTS) is 1. The van der Waals surface area contributed by atoms with Crippen molar-refractivity contribution < 1.29 is 9.90 Å². The number of rotatable bonds is 3. The molecule has 0 bridgehead atoms. The van der Waals surface area contributed by atoms with E-state index in [4.69, 9.17) is 5.11 Å². The Morgan fingerprint density at radius 3 is 2.67 bits per heavy atom. The second-order valence-electron chi connectivity index (χ2n) is 4.26. The normalized spacial score (nSPS) is 10.5. The molecule has 1 heterocycles. The molecular formula is C14H13NO3. The van der Waals surface area contributed by atoms with Crippen LogP contribution in [0.15, 0.2) is 47.3 Å². The van der Waals surface area contributed by atoms with Crippen LogP contribution in [0.2, 0.25) is 0 Å². The molecule has 0 aliphatic carbocycles. The van der Waals surface area contributed by atoms with Crippen molar-refractivity contribution in [2.45, 2.75) is 13.5 Å². The largest absolute Gasteiger partial charge is 0.478 e. The lowest BCUT2D eigenvalue weighted by Crippen LogP contribution is -2.22. The van der Waals surface area contributed by atoms with Gasteiger partial charge < -0.3 is 9.67 Å². The molecule has 1 N–H and O–H groups in total. The first-order valence-electron chi connectivity index (χ1n) is 5.51. The molecule has 2 rings (SSSR count). The lowest BCUT2D eigenvalue weighted by molar-refractivity contribution is 0.0699. The van der Waals surface area contributed by atoms with Gasteiger partial charge in [0.2, 0.25) is 0 Å². The molecule has 0 radical (unpaired) electrons. The van der Waals surface area contributed by atoms with E-state index in [9.17, 15) is 9.59 Å². The first-order chi connectivity index (χ1) is 8.50. The second kappa shape index (κ2) is 4.49.